The molecule has 2 aromatic carbocycles. The Morgan fingerprint density at radius 1 is 0.917 bits per heavy atom. The smallest absolute Gasteiger partial charge is 0.257 e. The van der Waals surface area contributed by atoms with Gasteiger partial charge in [0.05, 0.1) is 26.7 Å². The largest absolute Gasteiger partial charge is 0.545 e. The number of amides is 1. The van der Waals surface area contributed by atoms with Crippen molar-refractivity contribution in [2.45, 2.75) is 0 Å². The lowest BCUT2D eigenvalue weighted by atomic mass is 10.2. The second kappa shape index (κ2) is 7.81. The number of thiocarbonyl (C=S) groups is 1. The lowest BCUT2D eigenvalue weighted by molar-refractivity contribution is -0.255. The Hall–Kier alpha value is -1.86. The van der Waals surface area contributed by atoms with E-state index in [0.717, 1.165) is 0 Å². The van der Waals surface area contributed by atoms with Crippen LogP contribution in [-0.2, 0) is 0 Å². The van der Waals surface area contributed by atoms with E-state index in [2.05, 4.69) is 10.6 Å². The summed E-state index contributed by atoms with van der Waals surface area (Å²) < 4.78 is 0. The van der Waals surface area contributed by atoms with Crippen LogP contribution in [0.2, 0.25) is 15.1 Å². The molecule has 0 aliphatic rings. The van der Waals surface area contributed by atoms with Crippen molar-refractivity contribution in [2.75, 3.05) is 5.32 Å². The van der Waals surface area contributed by atoms with Crippen LogP contribution in [0, 0.1) is 0 Å². The lowest BCUT2D eigenvalue weighted by Crippen LogP contribution is -2.34. The highest BCUT2D eigenvalue weighted by atomic mass is 35.5. The van der Waals surface area contributed by atoms with Gasteiger partial charge in [-0.2, -0.15) is 0 Å². The Morgan fingerprint density at radius 3 is 2.17 bits per heavy atom. The van der Waals surface area contributed by atoms with Crippen LogP contribution in [0.4, 0.5) is 5.69 Å². The number of rotatable bonds is 3. The van der Waals surface area contributed by atoms with Gasteiger partial charge in [-0.05, 0) is 48.1 Å². The van der Waals surface area contributed by atoms with Crippen molar-refractivity contribution in [1.29, 1.82) is 0 Å². The van der Waals surface area contributed by atoms with E-state index in [1.165, 1.54) is 36.4 Å². The van der Waals surface area contributed by atoms with Crippen molar-refractivity contribution < 1.29 is 14.7 Å². The van der Waals surface area contributed by atoms with E-state index >= 15 is 0 Å². The van der Waals surface area contributed by atoms with E-state index in [9.17, 15) is 14.7 Å². The highest BCUT2D eigenvalue weighted by Crippen LogP contribution is 2.24. The molecule has 0 fully saturated rings. The zero-order chi connectivity index (χ0) is 17.9. The zero-order valence-corrected chi connectivity index (χ0v) is 14.8. The van der Waals surface area contributed by atoms with Crippen molar-refractivity contribution in [3.63, 3.8) is 0 Å². The zero-order valence-electron chi connectivity index (χ0n) is 11.7. The van der Waals surface area contributed by atoms with Crippen LogP contribution in [-0.4, -0.2) is 17.0 Å². The Labute approximate surface area is 157 Å². The minimum atomic E-state index is -1.36. The van der Waals surface area contributed by atoms with Gasteiger partial charge in [-0.15, -0.1) is 0 Å². The molecular formula is C15H8Cl3N2O3S-. The van der Waals surface area contributed by atoms with Gasteiger partial charge in [0.1, 0.15) is 0 Å². The number of hydrogen-bond acceptors (Lipinski definition) is 4. The third kappa shape index (κ3) is 4.58. The maximum absolute atomic E-state index is 12.1. The minimum absolute atomic E-state index is 0.0662. The molecule has 0 heterocycles. The molecule has 0 spiro atoms. The third-order valence-electron chi connectivity index (χ3n) is 2.86. The van der Waals surface area contributed by atoms with E-state index in [-0.39, 0.29) is 32.0 Å². The second-order valence-electron chi connectivity index (χ2n) is 4.52. The first-order valence-corrected chi connectivity index (χ1v) is 7.90. The Balaban J connectivity index is 2.10. The van der Waals surface area contributed by atoms with Crippen LogP contribution in [0.1, 0.15) is 20.7 Å². The van der Waals surface area contributed by atoms with Gasteiger partial charge < -0.3 is 15.2 Å². The molecule has 9 heteroatoms. The van der Waals surface area contributed by atoms with Gasteiger partial charge in [0, 0.05) is 5.56 Å². The van der Waals surface area contributed by atoms with Crippen LogP contribution in [0.3, 0.4) is 0 Å². The van der Waals surface area contributed by atoms with Crippen LogP contribution in [0.15, 0.2) is 36.4 Å². The highest BCUT2D eigenvalue weighted by Gasteiger charge is 2.11. The average molecular weight is 403 g/mol. The first-order chi connectivity index (χ1) is 11.3. The molecule has 1 amide bonds. The SMILES string of the molecule is O=C([O-])c1ccc(Cl)c(NC(=S)NC(=O)c2ccc(Cl)c(Cl)c2)c1. The number of halogens is 3. The molecule has 0 bridgehead atoms. The molecule has 0 saturated heterocycles. The summed E-state index contributed by atoms with van der Waals surface area (Å²) in [7, 11) is 0. The summed E-state index contributed by atoms with van der Waals surface area (Å²) in [6.07, 6.45) is 0. The monoisotopic (exact) mass is 401 g/mol. The number of carboxylic acids is 1. The first kappa shape index (κ1) is 18.5. The Bertz CT molecular complexity index is 843. The molecule has 0 aromatic heterocycles. The van der Waals surface area contributed by atoms with Gasteiger partial charge >= 0.3 is 0 Å². The fourth-order valence-corrected chi connectivity index (χ4v) is 2.38. The number of anilines is 1. The molecule has 124 valence electrons. The second-order valence-corrected chi connectivity index (χ2v) is 6.15. The molecule has 2 rings (SSSR count). The number of carbonyl (C=O) groups excluding carboxylic acids is 2. The summed E-state index contributed by atoms with van der Waals surface area (Å²) in [4.78, 5) is 23.0. The van der Waals surface area contributed by atoms with Crippen LogP contribution in [0.25, 0.3) is 0 Å². The van der Waals surface area contributed by atoms with E-state index in [1.54, 1.807) is 0 Å². The quantitative estimate of drug-likeness (QED) is 0.771. The van der Waals surface area contributed by atoms with Crippen LogP contribution in [0.5, 0.6) is 0 Å². The van der Waals surface area contributed by atoms with E-state index < -0.39 is 11.9 Å². The summed E-state index contributed by atoms with van der Waals surface area (Å²) >= 11 is 22.6. The van der Waals surface area contributed by atoms with Crippen molar-refractivity contribution in [2.24, 2.45) is 0 Å². The van der Waals surface area contributed by atoms with Crippen LogP contribution >= 0.6 is 47.0 Å². The van der Waals surface area contributed by atoms with Gasteiger partial charge in [0.2, 0.25) is 0 Å². The van der Waals surface area contributed by atoms with E-state index in [1.807, 2.05) is 0 Å². The topological polar surface area (TPSA) is 81.3 Å². The predicted octanol–water partition coefficient (Wildman–Crippen LogP) is 3.14. The third-order valence-corrected chi connectivity index (χ3v) is 4.13. The number of carboxylic acid groups (broad SMARTS) is 1. The number of aromatic carboxylic acids is 1. The number of carbonyl (C=O) groups is 2. The summed E-state index contributed by atoms with van der Waals surface area (Å²) in [5, 5.41) is 16.6. The molecule has 0 atom stereocenters. The molecule has 2 N–H and O–H groups in total. The standard InChI is InChI=1S/C15H9Cl3N2O3S/c16-9-3-1-7(5-11(9)18)13(21)20-15(24)19-12-6-8(14(22)23)2-4-10(12)17/h1-6H,(H,22,23)(H2,19,20,21,24)/p-1. The van der Waals surface area contributed by atoms with Gasteiger partial charge in [-0.25, -0.2) is 0 Å². The van der Waals surface area contributed by atoms with Gasteiger partial charge in [-0.1, -0.05) is 40.9 Å². The van der Waals surface area contributed by atoms with Gasteiger partial charge in [-0.3, -0.25) is 10.1 Å². The van der Waals surface area contributed by atoms with E-state index in [4.69, 9.17) is 47.0 Å². The molecule has 0 saturated carbocycles. The maximum atomic E-state index is 12.1. The van der Waals surface area contributed by atoms with Crippen LogP contribution < -0.4 is 15.7 Å². The fourth-order valence-electron chi connectivity index (χ4n) is 1.71. The fraction of sp³-hybridized carbons (Fsp3) is 0. The lowest BCUT2D eigenvalue weighted by Gasteiger charge is -2.13. The molecule has 0 radical (unpaired) electrons. The average Bonchev–Trinajstić information content (AvgIpc) is 2.51. The normalized spacial score (nSPS) is 10.1. The summed E-state index contributed by atoms with van der Waals surface area (Å²) in [6, 6.07) is 8.27. The molecule has 5 nitrogen and oxygen atoms in total. The highest BCUT2D eigenvalue weighted by molar-refractivity contribution is 7.80. The number of nitrogens with one attached hydrogen (secondary N) is 2. The van der Waals surface area contributed by atoms with Crippen molar-refractivity contribution in [3.8, 4) is 0 Å². The summed E-state index contributed by atoms with van der Waals surface area (Å²) in [6.45, 7) is 0. The molecule has 24 heavy (non-hydrogen) atoms. The van der Waals surface area contributed by atoms with E-state index in [0.29, 0.717) is 5.02 Å². The summed E-state index contributed by atoms with van der Waals surface area (Å²) in [5.74, 6) is -1.88. The van der Waals surface area contributed by atoms with Gasteiger partial charge in [0.15, 0.2) is 5.11 Å². The maximum Gasteiger partial charge on any atom is 0.257 e. The van der Waals surface area contributed by atoms with Crippen molar-refractivity contribution in [1.82, 2.24) is 5.32 Å². The predicted molar refractivity (Wildman–Crippen MR) is 95.9 cm³/mol. The molecule has 0 aliphatic heterocycles. The Kier molecular flexibility index (Phi) is 6.01. The molecule has 0 unspecified atom stereocenters. The Morgan fingerprint density at radius 2 is 1.54 bits per heavy atom. The first-order valence-electron chi connectivity index (χ1n) is 6.36. The van der Waals surface area contributed by atoms with Crippen molar-refractivity contribution in [3.05, 3.63) is 62.6 Å². The van der Waals surface area contributed by atoms with Crippen molar-refractivity contribution >= 4 is 69.7 Å². The number of benzene rings is 2. The molecule has 2 aromatic rings. The van der Waals surface area contributed by atoms with Gasteiger partial charge in [0.25, 0.3) is 5.91 Å². The minimum Gasteiger partial charge on any atom is -0.545 e. The molecule has 0 aliphatic carbocycles. The molecular weight excluding hydrogens is 395 g/mol. The summed E-state index contributed by atoms with van der Waals surface area (Å²) in [5.41, 5.74) is 0.390. The number of hydrogen-bond donors (Lipinski definition) is 2.